The van der Waals surface area contributed by atoms with Crippen molar-refractivity contribution in [3.8, 4) is 0 Å². The second kappa shape index (κ2) is 6.33. The number of rotatable bonds is 5. The fourth-order valence-corrected chi connectivity index (χ4v) is 3.24. The Kier molecular flexibility index (Phi) is 4.28. The molecule has 0 aliphatic carbocycles. The quantitative estimate of drug-likeness (QED) is 0.827. The number of amides is 1. The minimum atomic E-state index is 0.321. The van der Waals surface area contributed by atoms with E-state index < -0.39 is 0 Å². The maximum absolute atomic E-state index is 12.3. The number of para-hydroxylation sites is 1. The van der Waals surface area contributed by atoms with Crippen molar-refractivity contribution < 1.29 is 4.79 Å². The molecule has 1 amide bonds. The molecule has 0 radical (unpaired) electrons. The number of carbonyl (C=O) groups is 1. The summed E-state index contributed by atoms with van der Waals surface area (Å²) in [5, 5.41) is 1.27. The summed E-state index contributed by atoms with van der Waals surface area (Å²) in [6.07, 6.45) is 6.32. The molecule has 0 spiro atoms. The van der Waals surface area contributed by atoms with Crippen LogP contribution in [0.2, 0.25) is 0 Å². The van der Waals surface area contributed by atoms with Crippen LogP contribution in [0, 0.1) is 0 Å². The lowest BCUT2D eigenvalue weighted by molar-refractivity contribution is -0.132. The smallest absolute Gasteiger partial charge is 0.222 e. The first-order valence-corrected chi connectivity index (χ1v) is 8.16. The van der Waals surface area contributed by atoms with Crippen LogP contribution in [0.15, 0.2) is 24.3 Å². The molecule has 1 aromatic heterocycles. The molecule has 1 N–H and O–H groups in total. The van der Waals surface area contributed by atoms with Crippen LogP contribution in [0.3, 0.4) is 0 Å². The number of unbranched alkanes of at least 4 members (excludes halogenated alkanes) is 3. The Balaban J connectivity index is 1.67. The lowest BCUT2D eigenvalue weighted by Gasteiger charge is -2.27. The van der Waals surface area contributed by atoms with Crippen molar-refractivity contribution in [2.24, 2.45) is 0 Å². The van der Waals surface area contributed by atoms with Gasteiger partial charge in [0.05, 0.1) is 0 Å². The fourth-order valence-electron chi connectivity index (χ4n) is 3.24. The lowest BCUT2D eigenvalue weighted by atomic mass is 10.0. The largest absolute Gasteiger partial charge is 0.358 e. The molecule has 0 bridgehead atoms. The number of nitrogens with one attached hydrogen (secondary N) is 1. The molecular formula is C18H24N2O. The number of carbonyl (C=O) groups excluding carboxylic acids is 1. The molecule has 21 heavy (non-hydrogen) atoms. The Hall–Kier alpha value is -1.77. The Morgan fingerprint density at radius 1 is 1.24 bits per heavy atom. The molecule has 0 fully saturated rings. The standard InChI is InChI=1S/C18H24N2O/c1-2-3-4-5-10-18(21)20-12-11-17-15(13-20)14-8-6-7-9-16(14)19-17/h6-9,19H,2-5,10-13H2,1H3. The number of aromatic nitrogens is 1. The zero-order valence-electron chi connectivity index (χ0n) is 12.8. The molecule has 112 valence electrons. The fraction of sp³-hybridized carbons (Fsp3) is 0.500. The van der Waals surface area contributed by atoms with Gasteiger partial charge in [0.25, 0.3) is 0 Å². The van der Waals surface area contributed by atoms with Crippen LogP contribution in [0.4, 0.5) is 0 Å². The molecule has 2 aromatic rings. The van der Waals surface area contributed by atoms with Crippen molar-refractivity contribution in [1.82, 2.24) is 9.88 Å². The molecule has 0 saturated heterocycles. The highest BCUT2D eigenvalue weighted by atomic mass is 16.2. The van der Waals surface area contributed by atoms with Crippen molar-refractivity contribution in [2.45, 2.75) is 52.0 Å². The monoisotopic (exact) mass is 284 g/mol. The van der Waals surface area contributed by atoms with Gasteiger partial charge in [-0.25, -0.2) is 0 Å². The van der Waals surface area contributed by atoms with Gasteiger partial charge < -0.3 is 9.88 Å². The van der Waals surface area contributed by atoms with Crippen molar-refractivity contribution in [1.29, 1.82) is 0 Å². The third-order valence-electron chi connectivity index (χ3n) is 4.48. The molecule has 3 heteroatoms. The van der Waals surface area contributed by atoms with Crippen molar-refractivity contribution in [2.75, 3.05) is 6.54 Å². The van der Waals surface area contributed by atoms with Gasteiger partial charge in [-0.2, -0.15) is 0 Å². The first-order chi connectivity index (χ1) is 10.3. The Bertz CT molecular complexity index is 629. The van der Waals surface area contributed by atoms with Gasteiger partial charge >= 0.3 is 0 Å². The van der Waals surface area contributed by atoms with E-state index in [0.717, 1.165) is 25.9 Å². The van der Waals surface area contributed by atoms with Crippen LogP contribution in [-0.2, 0) is 17.8 Å². The van der Waals surface area contributed by atoms with E-state index in [1.54, 1.807) is 0 Å². The predicted molar refractivity (Wildman–Crippen MR) is 86.2 cm³/mol. The van der Waals surface area contributed by atoms with Crippen molar-refractivity contribution >= 4 is 16.8 Å². The van der Waals surface area contributed by atoms with E-state index >= 15 is 0 Å². The third-order valence-corrected chi connectivity index (χ3v) is 4.48. The topological polar surface area (TPSA) is 36.1 Å². The van der Waals surface area contributed by atoms with E-state index in [1.165, 1.54) is 41.4 Å². The van der Waals surface area contributed by atoms with Crippen molar-refractivity contribution in [3.05, 3.63) is 35.5 Å². The second-order valence-electron chi connectivity index (χ2n) is 6.00. The number of benzene rings is 1. The molecule has 2 heterocycles. The van der Waals surface area contributed by atoms with Crippen LogP contribution in [0.5, 0.6) is 0 Å². The summed E-state index contributed by atoms with van der Waals surface area (Å²) in [5.74, 6) is 0.321. The number of nitrogens with zero attached hydrogens (tertiary/aromatic N) is 1. The average molecular weight is 284 g/mol. The highest BCUT2D eigenvalue weighted by molar-refractivity contribution is 5.86. The van der Waals surface area contributed by atoms with Crippen LogP contribution >= 0.6 is 0 Å². The van der Waals surface area contributed by atoms with E-state index in [4.69, 9.17) is 0 Å². The summed E-state index contributed by atoms with van der Waals surface area (Å²) in [6.45, 7) is 3.82. The molecule has 1 aromatic carbocycles. The molecule has 0 unspecified atom stereocenters. The summed E-state index contributed by atoms with van der Waals surface area (Å²) in [4.78, 5) is 17.9. The Labute approximate surface area is 126 Å². The summed E-state index contributed by atoms with van der Waals surface area (Å²) < 4.78 is 0. The molecule has 0 saturated carbocycles. The van der Waals surface area contributed by atoms with Crippen LogP contribution in [0.25, 0.3) is 10.9 Å². The molecule has 0 atom stereocenters. The number of H-pyrrole nitrogens is 1. The normalized spacial score (nSPS) is 14.4. The summed E-state index contributed by atoms with van der Waals surface area (Å²) in [5.41, 5.74) is 3.82. The number of hydrogen-bond acceptors (Lipinski definition) is 1. The number of fused-ring (bicyclic) bond motifs is 3. The number of aromatic amines is 1. The minimum absolute atomic E-state index is 0.321. The Morgan fingerprint density at radius 3 is 2.95 bits per heavy atom. The van der Waals surface area contributed by atoms with E-state index in [2.05, 4.69) is 36.2 Å². The molecule has 1 aliphatic heterocycles. The Morgan fingerprint density at radius 2 is 2.10 bits per heavy atom. The van der Waals surface area contributed by atoms with Gasteiger partial charge in [0.2, 0.25) is 5.91 Å². The van der Waals surface area contributed by atoms with E-state index in [1.807, 2.05) is 4.90 Å². The van der Waals surface area contributed by atoms with Gasteiger partial charge in [-0.05, 0) is 12.5 Å². The highest BCUT2D eigenvalue weighted by Crippen LogP contribution is 2.27. The van der Waals surface area contributed by atoms with Crippen molar-refractivity contribution in [3.63, 3.8) is 0 Å². The van der Waals surface area contributed by atoms with E-state index in [-0.39, 0.29) is 0 Å². The molecular weight excluding hydrogens is 260 g/mol. The SMILES string of the molecule is CCCCCCC(=O)N1CCc2[nH]c3ccccc3c2C1. The predicted octanol–water partition coefficient (Wildman–Crippen LogP) is 4.02. The van der Waals surface area contributed by atoms with Gasteiger partial charge in [-0.1, -0.05) is 44.4 Å². The maximum atomic E-state index is 12.3. The third kappa shape index (κ3) is 2.97. The average Bonchev–Trinajstić information content (AvgIpc) is 2.89. The van der Waals surface area contributed by atoms with E-state index in [9.17, 15) is 4.79 Å². The van der Waals surface area contributed by atoms with Gasteiger partial charge in [0.15, 0.2) is 0 Å². The van der Waals surface area contributed by atoms with Gasteiger partial charge in [-0.3, -0.25) is 4.79 Å². The summed E-state index contributed by atoms with van der Waals surface area (Å²) >= 11 is 0. The lowest BCUT2D eigenvalue weighted by Crippen LogP contribution is -2.35. The summed E-state index contributed by atoms with van der Waals surface area (Å²) in [6, 6.07) is 8.40. The first kappa shape index (κ1) is 14.2. The minimum Gasteiger partial charge on any atom is -0.358 e. The molecule has 1 aliphatic rings. The molecule has 3 rings (SSSR count). The zero-order valence-corrected chi connectivity index (χ0v) is 12.8. The number of hydrogen-bond donors (Lipinski definition) is 1. The van der Waals surface area contributed by atoms with Gasteiger partial charge in [0, 0.05) is 48.1 Å². The maximum Gasteiger partial charge on any atom is 0.222 e. The van der Waals surface area contributed by atoms with Crippen LogP contribution in [-0.4, -0.2) is 22.3 Å². The molecule has 3 nitrogen and oxygen atoms in total. The van der Waals surface area contributed by atoms with Gasteiger partial charge in [0.1, 0.15) is 0 Å². The van der Waals surface area contributed by atoms with Crippen LogP contribution < -0.4 is 0 Å². The zero-order chi connectivity index (χ0) is 14.7. The van der Waals surface area contributed by atoms with E-state index in [0.29, 0.717) is 12.3 Å². The van der Waals surface area contributed by atoms with Gasteiger partial charge in [-0.15, -0.1) is 0 Å². The highest BCUT2D eigenvalue weighted by Gasteiger charge is 2.23. The summed E-state index contributed by atoms with van der Waals surface area (Å²) in [7, 11) is 0. The second-order valence-corrected chi connectivity index (χ2v) is 6.00. The first-order valence-electron chi connectivity index (χ1n) is 8.16. The van der Waals surface area contributed by atoms with Crippen LogP contribution in [0.1, 0.15) is 50.3 Å².